The van der Waals surface area contributed by atoms with Crippen molar-refractivity contribution in [3.8, 4) is 0 Å². The van der Waals surface area contributed by atoms with E-state index in [2.05, 4.69) is 33.1 Å². The highest BCUT2D eigenvalue weighted by atomic mass is 79.9. The van der Waals surface area contributed by atoms with Gasteiger partial charge in [0.25, 0.3) is 0 Å². The molecule has 0 saturated heterocycles. The Labute approximate surface area is 115 Å². The molecule has 1 amide bonds. The van der Waals surface area contributed by atoms with E-state index in [1.165, 1.54) is 6.07 Å². The standard InChI is InChI=1S/C13H16BrFN2O/c1-4-5-16-13(18)9(3)17-12-7-11(15)10(14)6-8(12)2/h4,6-7,9,17H,1,5H2,2-3H3,(H,16,18). The average molecular weight is 315 g/mol. The molecule has 1 aromatic rings. The van der Waals surface area contributed by atoms with Crippen molar-refractivity contribution in [1.29, 1.82) is 0 Å². The van der Waals surface area contributed by atoms with E-state index >= 15 is 0 Å². The number of amides is 1. The molecule has 5 heteroatoms. The number of halogens is 2. The SMILES string of the molecule is C=CCNC(=O)C(C)Nc1cc(F)c(Br)cc1C. The quantitative estimate of drug-likeness (QED) is 0.820. The summed E-state index contributed by atoms with van der Waals surface area (Å²) in [5, 5.41) is 5.66. The number of rotatable bonds is 5. The number of nitrogens with one attached hydrogen (secondary N) is 2. The molecule has 0 aliphatic heterocycles. The van der Waals surface area contributed by atoms with E-state index in [1.54, 1.807) is 19.1 Å². The van der Waals surface area contributed by atoms with Gasteiger partial charge in [-0.3, -0.25) is 4.79 Å². The van der Waals surface area contributed by atoms with Crippen LogP contribution in [0.5, 0.6) is 0 Å². The molecular weight excluding hydrogens is 299 g/mol. The molecule has 2 N–H and O–H groups in total. The van der Waals surface area contributed by atoms with Crippen LogP contribution in [0.2, 0.25) is 0 Å². The van der Waals surface area contributed by atoms with Crippen LogP contribution in [0.15, 0.2) is 29.3 Å². The van der Waals surface area contributed by atoms with E-state index < -0.39 is 6.04 Å². The van der Waals surface area contributed by atoms with Gasteiger partial charge in [-0.05, 0) is 47.5 Å². The molecule has 0 saturated carbocycles. The molecule has 0 spiro atoms. The van der Waals surface area contributed by atoms with Crippen LogP contribution in [0.25, 0.3) is 0 Å². The molecule has 0 aromatic heterocycles. The van der Waals surface area contributed by atoms with Crippen molar-refractivity contribution in [2.75, 3.05) is 11.9 Å². The summed E-state index contributed by atoms with van der Waals surface area (Å²) in [5.74, 6) is -0.514. The molecule has 0 aliphatic carbocycles. The number of carbonyl (C=O) groups excluding carboxylic acids is 1. The molecule has 0 fully saturated rings. The second-order valence-electron chi connectivity index (χ2n) is 3.98. The summed E-state index contributed by atoms with van der Waals surface area (Å²) >= 11 is 3.12. The smallest absolute Gasteiger partial charge is 0.242 e. The Bertz CT molecular complexity index is 463. The van der Waals surface area contributed by atoms with Crippen LogP contribution in [0, 0.1) is 12.7 Å². The summed E-state index contributed by atoms with van der Waals surface area (Å²) in [6.07, 6.45) is 1.61. The fraction of sp³-hybridized carbons (Fsp3) is 0.308. The Hall–Kier alpha value is -1.36. The first-order valence-electron chi connectivity index (χ1n) is 5.56. The second kappa shape index (κ2) is 6.54. The van der Waals surface area contributed by atoms with Gasteiger partial charge >= 0.3 is 0 Å². The van der Waals surface area contributed by atoms with Crippen LogP contribution in [-0.2, 0) is 4.79 Å². The zero-order valence-electron chi connectivity index (χ0n) is 10.4. The molecule has 98 valence electrons. The molecule has 1 rings (SSSR count). The van der Waals surface area contributed by atoms with Crippen LogP contribution in [0.3, 0.4) is 0 Å². The molecule has 18 heavy (non-hydrogen) atoms. The highest BCUT2D eigenvalue weighted by molar-refractivity contribution is 9.10. The predicted octanol–water partition coefficient (Wildman–Crippen LogP) is 3.00. The van der Waals surface area contributed by atoms with E-state index in [9.17, 15) is 9.18 Å². The van der Waals surface area contributed by atoms with E-state index in [0.717, 1.165) is 5.56 Å². The minimum atomic E-state index is -0.441. The molecule has 0 radical (unpaired) electrons. The van der Waals surface area contributed by atoms with Crippen molar-refractivity contribution in [3.05, 3.63) is 40.6 Å². The van der Waals surface area contributed by atoms with Crippen molar-refractivity contribution in [3.63, 3.8) is 0 Å². The van der Waals surface area contributed by atoms with E-state index in [0.29, 0.717) is 16.7 Å². The van der Waals surface area contributed by atoms with Crippen molar-refractivity contribution in [2.45, 2.75) is 19.9 Å². The third-order valence-electron chi connectivity index (χ3n) is 2.45. The van der Waals surface area contributed by atoms with Crippen LogP contribution in [0.4, 0.5) is 10.1 Å². The first-order chi connectivity index (χ1) is 8.45. The summed E-state index contributed by atoms with van der Waals surface area (Å²) in [5.41, 5.74) is 1.48. The second-order valence-corrected chi connectivity index (χ2v) is 4.84. The summed E-state index contributed by atoms with van der Waals surface area (Å²) < 4.78 is 13.8. The van der Waals surface area contributed by atoms with Crippen LogP contribution < -0.4 is 10.6 Å². The number of benzene rings is 1. The van der Waals surface area contributed by atoms with Gasteiger partial charge in [-0.25, -0.2) is 4.39 Å². The number of aryl methyl sites for hydroxylation is 1. The molecule has 0 aliphatic rings. The first-order valence-corrected chi connectivity index (χ1v) is 6.35. The van der Waals surface area contributed by atoms with Gasteiger partial charge in [0.1, 0.15) is 11.9 Å². The molecule has 1 atom stereocenters. The maximum absolute atomic E-state index is 13.4. The van der Waals surface area contributed by atoms with Gasteiger partial charge in [0, 0.05) is 12.2 Å². The molecule has 0 bridgehead atoms. The summed E-state index contributed by atoms with van der Waals surface area (Å²) in [7, 11) is 0. The van der Waals surface area contributed by atoms with Crippen LogP contribution >= 0.6 is 15.9 Å². The summed E-state index contributed by atoms with van der Waals surface area (Å²) in [6, 6.07) is 2.60. The number of hydrogen-bond donors (Lipinski definition) is 2. The third-order valence-corrected chi connectivity index (χ3v) is 3.06. The fourth-order valence-corrected chi connectivity index (χ4v) is 1.88. The predicted molar refractivity (Wildman–Crippen MR) is 75.1 cm³/mol. The largest absolute Gasteiger partial charge is 0.374 e. The minimum absolute atomic E-state index is 0.155. The lowest BCUT2D eigenvalue weighted by Crippen LogP contribution is -2.37. The Balaban J connectivity index is 2.75. The average Bonchev–Trinajstić information content (AvgIpc) is 2.32. The molecule has 1 aromatic carbocycles. The van der Waals surface area contributed by atoms with Gasteiger partial charge in [0.15, 0.2) is 0 Å². The first kappa shape index (κ1) is 14.7. The van der Waals surface area contributed by atoms with Gasteiger partial charge in [0.2, 0.25) is 5.91 Å². The van der Waals surface area contributed by atoms with Crippen LogP contribution in [0.1, 0.15) is 12.5 Å². The lowest BCUT2D eigenvalue weighted by atomic mass is 10.1. The highest BCUT2D eigenvalue weighted by Crippen LogP contribution is 2.24. The van der Waals surface area contributed by atoms with Crippen molar-refractivity contribution in [2.24, 2.45) is 0 Å². The number of carbonyl (C=O) groups is 1. The van der Waals surface area contributed by atoms with Gasteiger partial charge in [0.05, 0.1) is 4.47 Å². The topological polar surface area (TPSA) is 41.1 Å². The Morgan fingerprint density at radius 3 is 2.89 bits per heavy atom. The lowest BCUT2D eigenvalue weighted by molar-refractivity contribution is -0.121. The lowest BCUT2D eigenvalue weighted by Gasteiger charge is -2.16. The maximum atomic E-state index is 13.4. The van der Waals surface area contributed by atoms with Gasteiger partial charge in [-0.15, -0.1) is 6.58 Å². The normalized spacial score (nSPS) is 11.8. The number of anilines is 1. The Kier molecular flexibility index (Phi) is 5.34. The monoisotopic (exact) mass is 314 g/mol. The van der Waals surface area contributed by atoms with Gasteiger partial charge in [-0.1, -0.05) is 6.08 Å². The maximum Gasteiger partial charge on any atom is 0.242 e. The Morgan fingerprint density at radius 2 is 2.28 bits per heavy atom. The Morgan fingerprint density at radius 1 is 1.61 bits per heavy atom. The summed E-state index contributed by atoms with van der Waals surface area (Å²) in [4.78, 5) is 11.6. The number of hydrogen-bond acceptors (Lipinski definition) is 2. The third kappa shape index (κ3) is 3.84. The zero-order valence-corrected chi connectivity index (χ0v) is 12.0. The fourth-order valence-electron chi connectivity index (χ4n) is 1.43. The van der Waals surface area contributed by atoms with Crippen molar-refractivity contribution >= 4 is 27.5 Å². The molecular formula is C13H16BrFN2O. The van der Waals surface area contributed by atoms with E-state index in [4.69, 9.17) is 0 Å². The summed E-state index contributed by atoms with van der Waals surface area (Å²) in [6.45, 7) is 7.50. The highest BCUT2D eigenvalue weighted by Gasteiger charge is 2.13. The van der Waals surface area contributed by atoms with Crippen molar-refractivity contribution < 1.29 is 9.18 Å². The van der Waals surface area contributed by atoms with E-state index in [1.807, 2.05) is 6.92 Å². The minimum Gasteiger partial charge on any atom is -0.374 e. The molecule has 3 nitrogen and oxygen atoms in total. The zero-order chi connectivity index (χ0) is 13.7. The molecule has 0 heterocycles. The molecule has 1 unspecified atom stereocenters. The van der Waals surface area contributed by atoms with Crippen LogP contribution in [-0.4, -0.2) is 18.5 Å². The van der Waals surface area contributed by atoms with Crippen molar-refractivity contribution in [1.82, 2.24) is 5.32 Å². The van der Waals surface area contributed by atoms with Gasteiger partial charge < -0.3 is 10.6 Å². The van der Waals surface area contributed by atoms with Gasteiger partial charge in [-0.2, -0.15) is 0 Å². The van der Waals surface area contributed by atoms with E-state index in [-0.39, 0.29) is 11.7 Å².